The van der Waals surface area contributed by atoms with Gasteiger partial charge in [-0.1, -0.05) is 128 Å². The Morgan fingerprint density at radius 3 is 1.34 bits per heavy atom. The highest BCUT2D eigenvalue weighted by atomic mass is 16.6. The summed E-state index contributed by atoms with van der Waals surface area (Å²) in [7, 11) is 0. The van der Waals surface area contributed by atoms with Crippen molar-refractivity contribution < 1.29 is 19.4 Å². The highest BCUT2D eigenvalue weighted by Gasteiger charge is 2.40. The van der Waals surface area contributed by atoms with Crippen LogP contribution in [0.15, 0.2) is 133 Å². The number of benzene rings is 4. The van der Waals surface area contributed by atoms with Crippen LogP contribution in [0.4, 0.5) is 0 Å². The van der Waals surface area contributed by atoms with Crippen molar-refractivity contribution in [3.8, 4) is 0 Å². The number of hydrogen-bond acceptors (Lipinski definition) is 3. The van der Waals surface area contributed by atoms with Crippen molar-refractivity contribution in [3.05, 3.63) is 156 Å². The number of aliphatic carboxylic acids is 1. The lowest BCUT2D eigenvalue weighted by atomic mass is 9.80. The smallest absolute Gasteiger partial charge is 0.334 e. The number of carbonyl (C=O) groups excluding carboxylic acids is 1. The average molecular weight is 465 g/mol. The Morgan fingerprint density at radius 2 is 1.03 bits per heavy atom. The molecule has 0 unspecified atom stereocenters. The number of carbonyl (C=O) groups is 2. The van der Waals surface area contributed by atoms with E-state index >= 15 is 0 Å². The highest BCUT2D eigenvalue weighted by Crippen LogP contribution is 2.40. The molecule has 0 fully saturated rings. The Morgan fingerprint density at radius 1 is 0.686 bits per heavy atom. The number of carboxylic acid groups (broad SMARTS) is 1. The zero-order chi connectivity index (χ0) is 25.1. The Kier molecular flexibility index (Phi) is 8.74. The Labute approximate surface area is 206 Å². The minimum absolute atomic E-state index is 0.112. The molecule has 1 N–H and O–H groups in total. The van der Waals surface area contributed by atoms with Gasteiger partial charge < -0.3 is 9.84 Å². The van der Waals surface area contributed by atoms with E-state index in [9.17, 15) is 9.59 Å². The number of ether oxygens (including phenoxy) is 1. The summed E-state index contributed by atoms with van der Waals surface area (Å²) in [4.78, 5) is 22.7. The normalized spacial score (nSPS) is 10.4. The molecule has 0 aliphatic carbocycles. The third-order valence-electron chi connectivity index (χ3n) is 5.33. The van der Waals surface area contributed by atoms with Crippen molar-refractivity contribution in [2.45, 2.75) is 18.9 Å². The monoisotopic (exact) mass is 464 g/mol. The molecule has 0 bridgehead atoms. The maximum Gasteiger partial charge on any atom is 0.334 e. The molecule has 4 rings (SSSR count). The van der Waals surface area contributed by atoms with Crippen molar-refractivity contribution in [1.29, 1.82) is 0 Å². The van der Waals surface area contributed by atoms with E-state index in [0.29, 0.717) is 5.57 Å². The molecule has 0 aromatic heterocycles. The third kappa shape index (κ3) is 6.55. The molecule has 4 aromatic rings. The highest BCUT2D eigenvalue weighted by molar-refractivity contribution is 5.88. The molecule has 0 aliphatic heterocycles. The minimum atomic E-state index is -1.03. The summed E-state index contributed by atoms with van der Waals surface area (Å²) < 4.78 is 6.12. The summed E-state index contributed by atoms with van der Waals surface area (Å²) in [6, 6.07) is 38.5. The van der Waals surface area contributed by atoms with Crippen molar-refractivity contribution in [3.63, 3.8) is 0 Å². The maximum atomic E-state index is 12.6. The van der Waals surface area contributed by atoms with Crippen LogP contribution in [0, 0.1) is 0 Å². The fourth-order valence-corrected chi connectivity index (χ4v) is 3.69. The van der Waals surface area contributed by atoms with Crippen LogP contribution in [-0.2, 0) is 26.3 Å². The summed E-state index contributed by atoms with van der Waals surface area (Å²) in [5.74, 6) is -1.21. The first-order valence-electron chi connectivity index (χ1n) is 11.2. The van der Waals surface area contributed by atoms with E-state index in [0.717, 1.165) is 22.3 Å². The number of esters is 1. The van der Waals surface area contributed by atoms with E-state index in [1.54, 1.807) is 19.1 Å². The van der Waals surface area contributed by atoms with Gasteiger partial charge in [-0.25, -0.2) is 4.79 Å². The van der Waals surface area contributed by atoms with Crippen molar-refractivity contribution in [2.75, 3.05) is 0 Å². The van der Waals surface area contributed by atoms with Gasteiger partial charge in [-0.05, 0) is 12.5 Å². The second-order valence-corrected chi connectivity index (χ2v) is 8.01. The predicted molar refractivity (Wildman–Crippen MR) is 138 cm³/mol. The molecule has 0 spiro atoms. The van der Waals surface area contributed by atoms with Gasteiger partial charge >= 0.3 is 11.9 Å². The van der Waals surface area contributed by atoms with Gasteiger partial charge in [-0.3, -0.25) is 4.79 Å². The molecule has 0 saturated heterocycles. The van der Waals surface area contributed by atoms with Gasteiger partial charge in [0.15, 0.2) is 5.60 Å². The van der Waals surface area contributed by atoms with E-state index in [-0.39, 0.29) is 6.42 Å². The molecule has 0 heterocycles. The van der Waals surface area contributed by atoms with Crippen LogP contribution < -0.4 is 0 Å². The van der Waals surface area contributed by atoms with Crippen molar-refractivity contribution in [1.82, 2.24) is 0 Å². The summed E-state index contributed by atoms with van der Waals surface area (Å²) in [6.07, 6.45) is 0.112. The van der Waals surface area contributed by atoms with Gasteiger partial charge in [0.2, 0.25) is 0 Å². The van der Waals surface area contributed by atoms with E-state index in [4.69, 9.17) is 9.84 Å². The van der Waals surface area contributed by atoms with Crippen LogP contribution in [0.2, 0.25) is 0 Å². The topological polar surface area (TPSA) is 63.6 Å². The third-order valence-corrected chi connectivity index (χ3v) is 5.33. The van der Waals surface area contributed by atoms with E-state index in [2.05, 4.69) is 6.58 Å². The minimum Gasteiger partial charge on any atom is -0.481 e. The molecule has 4 aromatic carbocycles. The molecular formula is C31H28O4. The van der Waals surface area contributed by atoms with E-state index in [1.165, 1.54) is 0 Å². The summed E-state index contributed by atoms with van der Waals surface area (Å²) in [6.45, 7) is 5.41. The molecule has 0 saturated carbocycles. The fraction of sp³-hybridized carbons (Fsp3) is 0.0968. The molecule has 4 heteroatoms. The fourth-order valence-electron chi connectivity index (χ4n) is 3.69. The van der Waals surface area contributed by atoms with Gasteiger partial charge in [-0.15, -0.1) is 0 Å². The standard InChI is InChI=1S/C23H20O2.C8H8O2/c1-18(2)22(24)25-23(19-12-6-3-7-13-19,20-14-8-4-9-15-20)21-16-10-5-11-17-21;9-8(10)6-7-4-2-1-3-5-7/h3-17H,1H2,2H3;1-5H,6H2,(H,9,10). The van der Waals surface area contributed by atoms with Gasteiger partial charge in [0.1, 0.15) is 0 Å². The van der Waals surface area contributed by atoms with Crippen LogP contribution in [0.25, 0.3) is 0 Å². The van der Waals surface area contributed by atoms with Crippen LogP contribution in [-0.4, -0.2) is 17.0 Å². The zero-order valence-electron chi connectivity index (χ0n) is 19.6. The summed E-state index contributed by atoms with van der Waals surface area (Å²) >= 11 is 0. The molecule has 0 amide bonds. The van der Waals surface area contributed by atoms with Gasteiger partial charge in [-0.2, -0.15) is 0 Å². The van der Waals surface area contributed by atoms with Crippen molar-refractivity contribution >= 4 is 11.9 Å². The van der Waals surface area contributed by atoms with Gasteiger partial charge in [0, 0.05) is 22.3 Å². The van der Waals surface area contributed by atoms with Gasteiger partial charge in [0.25, 0.3) is 0 Å². The van der Waals surface area contributed by atoms with E-state index in [1.807, 2.05) is 109 Å². The summed E-state index contributed by atoms with van der Waals surface area (Å²) in [5.41, 5.74) is 2.85. The number of rotatable bonds is 7. The number of carboxylic acids is 1. The molecular weight excluding hydrogens is 436 g/mol. The van der Waals surface area contributed by atoms with Gasteiger partial charge in [0.05, 0.1) is 6.42 Å². The Hall–Kier alpha value is -4.44. The van der Waals surface area contributed by atoms with E-state index < -0.39 is 17.5 Å². The molecule has 176 valence electrons. The van der Waals surface area contributed by atoms with Crippen LogP contribution in [0.5, 0.6) is 0 Å². The summed E-state index contributed by atoms with van der Waals surface area (Å²) in [5, 5.41) is 8.37. The predicted octanol–water partition coefficient (Wildman–Crippen LogP) is 6.41. The first kappa shape index (κ1) is 25.2. The van der Waals surface area contributed by atoms with Crippen LogP contribution in [0.1, 0.15) is 29.2 Å². The molecule has 35 heavy (non-hydrogen) atoms. The average Bonchev–Trinajstić information content (AvgIpc) is 2.89. The lowest BCUT2D eigenvalue weighted by Gasteiger charge is -2.35. The lowest BCUT2D eigenvalue weighted by Crippen LogP contribution is -2.35. The van der Waals surface area contributed by atoms with Crippen LogP contribution in [0.3, 0.4) is 0 Å². The molecule has 4 nitrogen and oxygen atoms in total. The molecule has 0 atom stereocenters. The second kappa shape index (κ2) is 12.1. The van der Waals surface area contributed by atoms with Crippen molar-refractivity contribution in [2.24, 2.45) is 0 Å². The maximum absolute atomic E-state index is 12.6. The molecule has 0 radical (unpaired) electrons. The first-order valence-corrected chi connectivity index (χ1v) is 11.2. The largest absolute Gasteiger partial charge is 0.481 e. The Balaban J connectivity index is 0.000000287. The van der Waals surface area contributed by atoms with Crippen LogP contribution >= 0.6 is 0 Å². The lowest BCUT2D eigenvalue weighted by molar-refractivity contribution is -0.148. The first-order chi connectivity index (χ1) is 16.9. The Bertz CT molecular complexity index is 1140. The zero-order valence-corrected chi connectivity index (χ0v) is 19.6. The SMILES string of the molecule is C=C(C)C(=O)OC(c1ccccc1)(c1ccccc1)c1ccccc1.O=C(O)Cc1ccccc1. The second-order valence-electron chi connectivity index (χ2n) is 8.01. The molecule has 0 aliphatic rings. The quantitative estimate of drug-likeness (QED) is 0.195. The number of hydrogen-bond donors (Lipinski definition) is 1.